The average molecular weight is 423 g/mol. The number of unbranched alkanes of at least 4 members (excludes halogenated alkanes) is 6. The van der Waals surface area contributed by atoms with Gasteiger partial charge in [-0.15, -0.1) is 0 Å². The highest BCUT2D eigenvalue weighted by Gasteiger charge is 2.25. The molecule has 1 aromatic heterocycles. The number of hydrogen-bond acceptors (Lipinski definition) is 4. The molecule has 0 bridgehead atoms. The predicted octanol–water partition coefficient (Wildman–Crippen LogP) is 5.23. The Balaban J connectivity index is 1.63. The van der Waals surface area contributed by atoms with E-state index in [1.54, 1.807) is 0 Å². The summed E-state index contributed by atoms with van der Waals surface area (Å²) in [6.45, 7) is 0.588. The Labute approximate surface area is 174 Å². The quantitative estimate of drug-likeness (QED) is 0.448. The molecule has 0 saturated heterocycles. The highest BCUT2D eigenvalue weighted by atomic mass is 19.4. The van der Waals surface area contributed by atoms with Crippen LogP contribution in [0.15, 0.2) is 36.5 Å². The van der Waals surface area contributed by atoms with E-state index in [0.717, 1.165) is 43.4 Å². The van der Waals surface area contributed by atoms with Gasteiger partial charge in [-0.3, -0.25) is 4.79 Å². The summed E-state index contributed by atoms with van der Waals surface area (Å²) in [6, 6.07) is 9.11. The predicted molar refractivity (Wildman–Crippen MR) is 108 cm³/mol. The maximum atomic E-state index is 12.1. The van der Waals surface area contributed by atoms with Gasteiger partial charge < -0.3 is 10.5 Å². The second-order valence-corrected chi connectivity index (χ2v) is 7.24. The van der Waals surface area contributed by atoms with E-state index in [4.69, 9.17) is 10.5 Å². The molecule has 0 fully saturated rings. The van der Waals surface area contributed by atoms with Gasteiger partial charge in [0.15, 0.2) is 0 Å². The van der Waals surface area contributed by atoms with Crippen LogP contribution in [0.4, 0.5) is 13.2 Å². The van der Waals surface area contributed by atoms with Crippen molar-refractivity contribution in [2.24, 2.45) is 5.73 Å². The minimum absolute atomic E-state index is 0.188. The van der Waals surface area contributed by atoms with Crippen LogP contribution in [-0.2, 0) is 6.42 Å². The minimum atomic E-state index is -4.03. The van der Waals surface area contributed by atoms with Crippen LogP contribution in [0, 0.1) is 0 Å². The molecule has 0 unspecified atom stereocenters. The molecule has 8 heteroatoms. The summed E-state index contributed by atoms with van der Waals surface area (Å²) in [5.74, 6) is 0.682. The lowest BCUT2D eigenvalue weighted by Gasteiger charge is -2.08. The summed E-state index contributed by atoms with van der Waals surface area (Å²) in [5.41, 5.74) is 6.40. The van der Waals surface area contributed by atoms with Gasteiger partial charge in [-0.05, 0) is 36.6 Å². The summed E-state index contributed by atoms with van der Waals surface area (Å²) in [5, 5.41) is 0. The first-order valence-corrected chi connectivity index (χ1v) is 10.2. The first-order valence-electron chi connectivity index (χ1n) is 10.2. The Morgan fingerprint density at radius 2 is 1.70 bits per heavy atom. The van der Waals surface area contributed by atoms with Crippen LogP contribution >= 0.6 is 0 Å². The number of alkyl halides is 3. The molecule has 2 N–H and O–H groups in total. The van der Waals surface area contributed by atoms with Crippen molar-refractivity contribution in [3.05, 3.63) is 53.6 Å². The zero-order valence-corrected chi connectivity index (χ0v) is 17.0. The smallest absolute Gasteiger partial charge is 0.389 e. The van der Waals surface area contributed by atoms with Gasteiger partial charge in [0, 0.05) is 19.0 Å². The van der Waals surface area contributed by atoms with E-state index < -0.39 is 18.5 Å². The first kappa shape index (κ1) is 23.6. The van der Waals surface area contributed by atoms with Gasteiger partial charge in [0.1, 0.15) is 17.3 Å². The van der Waals surface area contributed by atoms with E-state index in [1.165, 1.54) is 12.3 Å². The maximum Gasteiger partial charge on any atom is 0.389 e. The second-order valence-electron chi connectivity index (χ2n) is 7.24. The largest absolute Gasteiger partial charge is 0.494 e. The van der Waals surface area contributed by atoms with Crippen LogP contribution in [0.1, 0.15) is 73.2 Å². The number of benzene rings is 1. The molecule has 2 aromatic rings. The number of amides is 1. The van der Waals surface area contributed by atoms with E-state index >= 15 is 0 Å². The van der Waals surface area contributed by atoms with Crippen molar-refractivity contribution in [3.63, 3.8) is 0 Å². The number of hydrogen-bond donors (Lipinski definition) is 1. The topological polar surface area (TPSA) is 78.1 Å². The molecule has 2 rings (SSSR count). The number of nitrogens with zero attached hydrogens (tertiary/aromatic N) is 2. The lowest BCUT2D eigenvalue weighted by molar-refractivity contribution is -0.135. The van der Waals surface area contributed by atoms with Crippen LogP contribution in [0.3, 0.4) is 0 Å². The third kappa shape index (κ3) is 9.71. The molecule has 1 aromatic carbocycles. The highest BCUT2D eigenvalue weighted by Crippen LogP contribution is 2.23. The third-order valence-electron chi connectivity index (χ3n) is 4.59. The van der Waals surface area contributed by atoms with Gasteiger partial charge in [-0.1, -0.05) is 44.2 Å². The Bertz CT molecular complexity index is 797. The molecular weight excluding hydrogens is 395 g/mol. The molecule has 1 amide bonds. The lowest BCUT2D eigenvalue weighted by Crippen LogP contribution is -2.14. The van der Waals surface area contributed by atoms with E-state index in [0.29, 0.717) is 25.3 Å². The van der Waals surface area contributed by atoms with Gasteiger partial charge in [0.2, 0.25) is 0 Å². The van der Waals surface area contributed by atoms with E-state index in [1.807, 2.05) is 24.3 Å². The van der Waals surface area contributed by atoms with Crippen LogP contribution in [0.5, 0.6) is 5.75 Å². The Kier molecular flexibility index (Phi) is 9.57. The van der Waals surface area contributed by atoms with Crippen molar-refractivity contribution in [1.29, 1.82) is 0 Å². The number of aromatic nitrogens is 2. The van der Waals surface area contributed by atoms with Crippen LogP contribution in [0.25, 0.3) is 0 Å². The molecule has 0 spiro atoms. The molecule has 0 radical (unpaired) electrons. The van der Waals surface area contributed by atoms with Crippen molar-refractivity contribution < 1.29 is 22.7 Å². The number of carbonyl (C=O) groups is 1. The lowest BCUT2D eigenvalue weighted by atomic mass is 10.1. The first-order chi connectivity index (χ1) is 14.3. The molecule has 0 aliphatic heterocycles. The fraction of sp³-hybridized carbons (Fsp3) is 0.500. The second kappa shape index (κ2) is 12.1. The molecule has 30 heavy (non-hydrogen) atoms. The number of carbonyl (C=O) groups excluding carboxylic acids is 1. The molecule has 0 atom stereocenters. The average Bonchev–Trinajstić information content (AvgIpc) is 2.69. The highest BCUT2D eigenvalue weighted by molar-refractivity contribution is 5.90. The minimum Gasteiger partial charge on any atom is -0.494 e. The molecule has 164 valence electrons. The summed E-state index contributed by atoms with van der Waals surface area (Å²) in [6.07, 6.45) is 2.82. The fourth-order valence-electron chi connectivity index (χ4n) is 3.05. The molecule has 0 saturated carbocycles. The van der Waals surface area contributed by atoms with Crippen molar-refractivity contribution in [3.8, 4) is 5.75 Å². The van der Waals surface area contributed by atoms with Crippen molar-refractivity contribution in [2.45, 2.75) is 64.0 Å². The fourth-order valence-corrected chi connectivity index (χ4v) is 3.05. The van der Waals surface area contributed by atoms with Crippen LogP contribution < -0.4 is 10.5 Å². The van der Waals surface area contributed by atoms with Gasteiger partial charge in [0.25, 0.3) is 5.91 Å². The van der Waals surface area contributed by atoms with Gasteiger partial charge in [0.05, 0.1) is 6.61 Å². The van der Waals surface area contributed by atoms with Crippen LogP contribution in [0.2, 0.25) is 0 Å². The number of halogens is 3. The van der Waals surface area contributed by atoms with Gasteiger partial charge >= 0.3 is 6.18 Å². The monoisotopic (exact) mass is 423 g/mol. The molecule has 0 aliphatic rings. The number of primary amides is 1. The molecule has 0 aliphatic carbocycles. The number of nitrogens with two attached hydrogens (primary N) is 1. The Morgan fingerprint density at radius 1 is 1.00 bits per heavy atom. The normalized spacial score (nSPS) is 11.4. The summed E-state index contributed by atoms with van der Waals surface area (Å²) >= 11 is 0. The number of ether oxygens (including phenoxy) is 1. The van der Waals surface area contributed by atoms with Crippen molar-refractivity contribution in [2.75, 3.05) is 6.61 Å². The van der Waals surface area contributed by atoms with Gasteiger partial charge in [-0.2, -0.15) is 13.2 Å². The molecular formula is C22H28F3N3O2. The van der Waals surface area contributed by atoms with E-state index in [-0.39, 0.29) is 12.1 Å². The Hall–Kier alpha value is -2.64. The zero-order valence-electron chi connectivity index (χ0n) is 17.0. The van der Waals surface area contributed by atoms with Crippen molar-refractivity contribution >= 4 is 5.91 Å². The summed E-state index contributed by atoms with van der Waals surface area (Å²) in [4.78, 5) is 19.5. The molecule has 5 nitrogen and oxygen atoms in total. The summed E-state index contributed by atoms with van der Waals surface area (Å²) < 4.78 is 41.9. The molecule has 1 heterocycles. The van der Waals surface area contributed by atoms with Gasteiger partial charge in [-0.25, -0.2) is 9.97 Å². The zero-order chi connectivity index (χ0) is 21.8. The number of rotatable bonds is 13. The SMILES string of the molecule is NC(=O)c1ccnc(Cc2cccc(OCCCCCCCCCC(F)(F)F)c2)n1. The van der Waals surface area contributed by atoms with Crippen molar-refractivity contribution in [1.82, 2.24) is 9.97 Å². The standard InChI is InChI=1S/C22H28F3N3O2/c23-22(24,25)12-6-4-2-1-3-5-7-14-30-18-10-8-9-17(15-18)16-20-27-13-11-19(28-20)21(26)29/h8-11,13,15H,1-7,12,14,16H2,(H2,26,29). The summed E-state index contributed by atoms with van der Waals surface area (Å²) in [7, 11) is 0. The van der Waals surface area contributed by atoms with E-state index in [9.17, 15) is 18.0 Å². The van der Waals surface area contributed by atoms with E-state index in [2.05, 4.69) is 9.97 Å². The maximum absolute atomic E-state index is 12.1. The Morgan fingerprint density at radius 3 is 2.40 bits per heavy atom. The third-order valence-corrected chi connectivity index (χ3v) is 4.59. The van der Waals surface area contributed by atoms with Crippen LogP contribution in [-0.4, -0.2) is 28.7 Å².